The van der Waals surface area contributed by atoms with Crippen LogP contribution in [-0.2, 0) is 12.5 Å². The Bertz CT molecular complexity index is 2690. The average molecular weight is 651 g/mol. The zero-order valence-corrected chi connectivity index (χ0v) is 28.3. The molecule has 0 saturated carbocycles. The molecule has 0 bridgehead atoms. The molecule has 242 valence electrons. The highest BCUT2D eigenvalue weighted by atomic mass is 16.5. The lowest BCUT2D eigenvalue weighted by Crippen LogP contribution is -2.33. The van der Waals surface area contributed by atoms with Crippen molar-refractivity contribution < 1.29 is 9.30 Å². The Morgan fingerprint density at radius 3 is 2.32 bits per heavy atom. The summed E-state index contributed by atoms with van der Waals surface area (Å²) >= 11 is 0. The number of hydrogen-bond donors (Lipinski definition) is 0. The second-order valence-electron chi connectivity index (χ2n) is 13.7. The molecule has 0 unspecified atom stereocenters. The van der Waals surface area contributed by atoms with Crippen molar-refractivity contribution in [3.63, 3.8) is 0 Å². The van der Waals surface area contributed by atoms with E-state index < -0.39 is 0 Å². The molecule has 1 aliphatic heterocycles. The minimum Gasteiger partial charge on any atom is -0.440 e. The first-order chi connectivity index (χ1) is 24.3. The number of para-hydroxylation sites is 2. The molecule has 1 aliphatic rings. The predicted octanol–water partition coefficient (Wildman–Crippen LogP) is 9.13. The van der Waals surface area contributed by atoms with E-state index in [0.717, 1.165) is 66.9 Å². The number of hydrogen-bond acceptors (Lipinski definition) is 4. The Kier molecular flexibility index (Phi) is 6.78. The molecule has 50 heavy (non-hydrogen) atoms. The Hall–Kier alpha value is -6.34. The highest BCUT2D eigenvalue weighted by Crippen LogP contribution is 2.38. The Morgan fingerprint density at radius 1 is 0.700 bits per heavy atom. The van der Waals surface area contributed by atoms with E-state index in [1.807, 2.05) is 58.8 Å². The van der Waals surface area contributed by atoms with E-state index in [0.29, 0.717) is 11.6 Å². The summed E-state index contributed by atoms with van der Waals surface area (Å²) in [4.78, 5) is 14.6. The number of nitrogens with zero attached hydrogens (tertiary/aromatic N) is 6. The van der Waals surface area contributed by atoms with Gasteiger partial charge in [-0.05, 0) is 58.5 Å². The molecule has 5 heterocycles. The number of imidazole rings is 1. The smallest absolute Gasteiger partial charge is 0.245 e. The van der Waals surface area contributed by atoms with Gasteiger partial charge in [-0.25, -0.2) is 9.98 Å². The maximum atomic E-state index is 6.80. The van der Waals surface area contributed by atoms with Crippen LogP contribution >= 0.6 is 0 Å². The molecule has 0 amide bonds. The van der Waals surface area contributed by atoms with E-state index in [4.69, 9.17) is 14.7 Å². The van der Waals surface area contributed by atoms with Crippen LogP contribution in [0.2, 0.25) is 0 Å². The van der Waals surface area contributed by atoms with Crippen molar-refractivity contribution in [1.82, 2.24) is 19.1 Å². The molecule has 8 aromatic rings. The summed E-state index contributed by atoms with van der Waals surface area (Å²) in [6.07, 6.45) is 9.19. The third-order valence-corrected chi connectivity index (χ3v) is 9.41. The first kappa shape index (κ1) is 29.8. The number of aromatic nitrogens is 5. The SMILES string of the molecule is Cn1[c-][n+](C2=CC(Oc3ccc4c5ccccc5n(-c5cc(C(C)(C)C)ccn5)c4c3)=Nc3ccccc3-c3ccccc32)c2cccnc21. The lowest BCUT2D eigenvalue weighted by Gasteiger charge is -2.20. The summed E-state index contributed by atoms with van der Waals surface area (Å²) in [5, 5.41) is 2.28. The van der Waals surface area contributed by atoms with Crippen molar-refractivity contribution in [3.8, 4) is 22.7 Å². The van der Waals surface area contributed by atoms with Gasteiger partial charge >= 0.3 is 0 Å². The summed E-state index contributed by atoms with van der Waals surface area (Å²) in [6, 6.07) is 39.6. The fourth-order valence-electron chi connectivity index (χ4n) is 6.97. The molecule has 0 radical (unpaired) electrons. The molecule has 0 N–H and O–H groups in total. The standard InChI is InChI=1S/C43H34N6O/c1-43(2,3)28-21-23-44-40(24-28)49-36-17-10-8-15-33(36)34-20-19-29(25-39(34)49)50-41-26-38(48-27-47(4)42-37(48)18-11-22-45-42)32-14-6-5-12-30(32)31-13-7-9-16-35(31)46-41/h5-26H,1-4H3. The predicted molar refractivity (Wildman–Crippen MR) is 200 cm³/mol. The topological polar surface area (TPSA) is 61.1 Å². The van der Waals surface area contributed by atoms with Crippen LogP contribution in [0.4, 0.5) is 5.69 Å². The third kappa shape index (κ3) is 4.89. The maximum Gasteiger partial charge on any atom is 0.245 e. The highest BCUT2D eigenvalue weighted by Gasteiger charge is 2.22. The van der Waals surface area contributed by atoms with E-state index in [-0.39, 0.29) is 5.41 Å². The van der Waals surface area contributed by atoms with E-state index in [9.17, 15) is 0 Å². The van der Waals surface area contributed by atoms with Crippen molar-refractivity contribution in [3.05, 3.63) is 151 Å². The van der Waals surface area contributed by atoms with Gasteiger partial charge in [0.1, 0.15) is 11.6 Å². The number of ether oxygens (including phenoxy) is 1. The van der Waals surface area contributed by atoms with Crippen LogP contribution in [0.3, 0.4) is 0 Å². The van der Waals surface area contributed by atoms with E-state index in [1.54, 1.807) is 6.20 Å². The molecular weight excluding hydrogens is 617 g/mol. The van der Waals surface area contributed by atoms with Crippen LogP contribution in [0, 0.1) is 6.33 Å². The van der Waals surface area contributed by atoms with Gasteiger partial charge in [-0.15, -0.1) is 0 Å². The maximum absolute atomic E-state index is 6.80. The molecular formula is C43H34N6O. The molecule has 0 atom stereocenters. The molecule has 0 aliphatic carbocycles. The Labute approximate surface area is 290 Å². The second-order valence-corrected chi connectivity index (χ2v) is 13.7. The van der Waals surface area contributed by atoms with E-state index in [2.05, 4.69) is 122 Å². The molecule has 0 fully saturated rings. The van der Waals surface area contributed by atoms with Crippen LogP contribution in [0.1, 0.15) is 31.9 Å². The van der Waals surface area contributed by atoms with Crippen LogP contribution in [0.25, 0.3) is 55.6 Å². The molecule has 4 aromatic carbocycles. The van der Waals surface area contributed by atoms with Crippen molar-refractivity contribution in [2.24, 2.45) is 12.0 Å². The number of aliphatic imine (C=N–C) groups is 1. The van der Waals surface area contributed by atoms with Gasteiger partial charge in [0.25, 0.3) is 0 Å². The third-order valence-electron chi connectivity index (χ3n) is 9.41. The second kappa shape index (κ2) is 11.4. The van der Waals surface area contributed by atoms with Crippen LogP contribution < -0.4 is 9.30 Å². The first-order valence-corrected chi connectivity index (χ1v) is 16.8. The highest BCUT2D eigenvalue weighted by molar-refractivity contribution is 6.10. The molecule has 7 heteroatoms. The number of rotatable bonds is 3. The summed E-state index contributed by atoms with van der Waals surface area (Å²) in [6.45, 7) is 6.67. The Morgan fingerprint density at radius 2 is 1.46 bits per heavy atom. The van der Waals surface area contributed by atoms with Gasteiger partial charge in [0.05, 0.1) is 35.0 Å². The monoisotopic (exact) mass is 650 g/mol. The van der Waals surface area contributed by atoms with Gasteiger partial charge in [-0.3, -0.25) is 9.55 Å². The summed E-state index contributed by atoms with van der Waals surface area (Å²) < 4.78 is 13.0. The largest absolute Gasteiger partial charge is 0.440 e. The molecule has 7 nitrogen and oxygen atoms in total. The van der Waals surface area contributed by atoms with Gasteiger partial charge in [0, 0.05) is 40.9 Å². The van der Waals surface area contributed by atoms with Gasteiger partial charge in [0.2, 0.25) is 12.2 Å². The summed E-state index contributed by atoms with van der Waals surface area (Å²) in [7, 11) is 1.96. The fourth-order valence-corrected chi connectivity index (χ4v) is 6.97. The van der Waals surface area contributed by atoms with Crippen molar-refractivity contribution in [1.29, 1.82) is 0 Å². The molecule has 9 rings (SSSR count). The summed E-state index contributed by atoms with van der Waals surface area (Å²) in [5.41, 5.74) is 9.91. The lowest BCUT2D eigenvalue weighted by atomic mass is 9.88. The minimum atomic E-state index is -0.0182. The van der Waals surface area contributed by atoms with Crippen LogP contribution in [0.5, 0.6) is 5.75 Å². The van der Waals surface area contributed by atoms with Crippen LogP contribution in [-0.4, -0.2) is 25.0 Å². The number of pyridine rings is 2. The van der Waals surface area contributed by atoms with Crippen LogP contribution in [0.15, 0.2) is 139 Å². The molecule has 0 saturated heterocycles. The zero-order valence-electron chi connectivity index (χ0n) is 28.3. The van der Waals surface area contributed by atoms with Gasteiger partial charge in [-0.2, -0.15) is 0 Å². The van der Waals surface area contributed by atoms with Crippen molar-refractivity contribution in [2.45, 2.75) is 26.2 Å². The lowest BCUT2D eigenvalue weighted by molar-refractivity contribution is -0.555. The zero-order chi connectivity index (χ0) is 34.0. The first-order valence-electron chi connectivity index (χ1n) is 16.8. The Balaban J connectivity index is 1.25. The molecule has 0 spiro atoms. The fraction of sp³-hybridized carbons (Fsp3) is 0.116. The average Bonchev–Trinajstić information content (AvgIpc) is 3.64. The number of aryl methyl sites for hydroxylation is 1. The quantitative estimate of drug-likeness (QED) is 0.142. The van der Waals surface area contributed by atoms with E-state index in [1.165, 1.54) is 5.56 Å². The van der Waals surface area contributed by atoms with Gasteiger partial charge in [0.15, 0.2) is 5.65 Å². The van der Waals surface area contributed by atoms with Gasteiger partial charge < -0.3 is 13.9 Å². The van der Waals surface area contributed by atoms with Gasteiger partial charge in [-0.1, -0.05) is 93.6 Å². The normalized spacial score (nSPS) is 13.0. The summed E-state index contributed by atoms with van der Waals surface area (Å²) in [5.74, 6) is 2.00. The van der Waals surface area contributed by atoms with Crippen molar-refractivity contribution >= 4 is 50.3 Å². The molecule has 4 aromatic heterocycles. The number of benzene rings is 4. The van der Waals surface area contributed by atoms with E-state index >= 15 is 0 Å². The minimum absolute atomic E-state index is 0.0182. The number of fused-ring (bicyclic) bond motifs is 7. The van der Waals surface area contributed by atoms with Crippen molar-refractivity contribution in [2.75, 3.05) is 0 Å².